The van der Waals surface area contributed by atoms with E-state index in [-0.39, 0.29) is 0 Å². The Hall–Kier alpha value is -9.39. The van der Waals surface area contributed by atoms with Gasteiger partial charge in [0.2, 0.25) is 0 Å². The summed E-state index contributed by atoms with van der Waals surface area (Å²) in [7, 11) is 0. The molecule has 11 aromatic carbocycles. The first-order valence-electron chi connectivity index (χ1n) is 23.2. The maximum atomic E-state index is 7.17. The third-order valence-corrected chi connectivity index (χ3v) is 14.0. The van der Waals surface area contributed by atoms with Gasteiger partial charge in [-0.15, -0.1) is 0 Å². The molecule has 15 aromatic rings. The van der Waals surface area contributed by atoms with Crippen LogP contribution in [0.2, 0.25) is 0 Å². The van der Waals surface area contributed by atoms with E-state index in [1.54, 1.807) is 0 Å². The number of para-hydroxylation sites is 2. The first-order valence-corrected chi connectivity index (χ1v) is 23.2. The SMILES string of the molecule is c1ccc(-c2ccc(-c3nc(-c4ccc5oc6ccccc6c5c4)nc(-c4cccc5c4oc4cc(-n6c7cc8ccccc8cc7c7cc8ccccc8cc76)c6ccccc6c45)n3)cc2)cc1. The second kappa shape index (κ2) is 14.6. The van der Waals surface area contributed by atoms with Crippen LogP contribution in [0, 0.1) is 0 Å². The Labute approximate surface area is 394 Å². The molecule has 0 unspecified atom stereocenters. The van der Waals surface area contributed by atoms with Crippen molar-refractivity contribution in [1.82, 2.24) is 19.5 Å². The van der Waals surface area contributed by atoms with Gasteiger partial charge >= 0.3 is 0 Å². The number of hydrogen-bond donors (Lipinski definition) is 0. The largest absolute Gasteiger partial charge is 0.456 e. The third kappa shape index (κ3) is 5.82. The second-order valence-electron chi connectivity index (χ2n) is 17.9. The van der Waals surface area contributed by atoms with Crippen molar-refractivity contribution in [2.45, 2.75) is 0 Å². The Morgan fingerprint density at radius 3 is 1.57 bits per heavy atom. The number of furan rings is 2. The lowest BCUT2D eigenvalue weighted by Gasteiger charge is -2.13. The molecule has 6 heteroatoms. The molecule has 0 aliphatic rings. The summed E-state index contributed by atoms with van der Waals surface area (Å²) in [5.41, 5.74) is 11.3. The average Bonchev–Trinajstić information content (AvgIpc) is 4.08. The lowest BCUT2D eigenvalue weighted by molar-refractivity contribution is 0.669. The van der Waals surface area contributed by atoms with Gasteiger partial charge in [-0.3, -0.25) is 0 Å². The van der Waals surface area contributed by atoms with Gasteiger partial charge in [-0.2, -0.15) is 0 Å². The highest BCUT2D eigenvalue weighted by Gasteiger charge is 2.23. The fourth-order valence-corrected chi connectivity index (χ4v) is 10.7. The van der Waals surface area contributed by atoms with E-state index in [1.165, 1.54) is 32.3 Å². The van der Waals surface area contributed by atoms with E-state index in [9.17, 15) is 0 Å². The van der Waals surface area contributed by atoms with Crippen LogP contribution >= 0.6 is 0 Å². The van der Waals surface area contributed by atoms with Gasteiger partial charge in [-0.25, -0.2) is 15.0 Å². The smallest absolute Gasteiger partial charge is 0.167 e. The molecule has 320 valence electrons. The summed E-state index contributed by atoms with van der Waals surface area (Å²) in [6.07, 6.45) is 0. The highest BCUT2D eigenvalue weighted by molar-refractivity contribution is 6.24. The fraction of sp³-hybridized carbons (Fsp3) is 0. The number of benzene rings is 11. The minimum Gasteiger partial charge on any atom is -0.456 e. The Kier molecular flexibility index (Phi) is 7.97. The molecule has 6 nitrogen and oxygen atoms in total. The van der Waals surface area contributed by atoms with Crippen LogP contribution in [-0.4, -0.2) is 19.5 Å². The molecule has 15 rings (SSSR count). The predicted molar refractivity (Wildman–Crippen MR) is 283 cm³/mol. The molecule has 0 atom stereocenters. The molecule has 0 aliphatic heterocycles. The highest BCUT2D eigenvalue weighted by Crippen LogP contribution is 2.44. The summed E-state index contributed by atoms with van der Waals surface area (Å²) in [6, 6.07) is 77.0. The highest BCUT2D eigenvalue weighted by atomic mass is 16.3. The molecule has 0 spiro atoms. The van der Waals surface area contributed by atoms with Gasteiger partial charge in [0.15, 0.2) is 17.5 Å². The fourth-order valence-electron chi connectivity index (χ4n) is 10.7. The van der Waals surface area contributed by atoms with E-state index in [4.69, 9.17) is 23.8 Å². The minimum atomic E-state index is 0.523. The van der Waals surface area contributed by atoms with Crippen molar-refractivity contribution < 1.29 is 8.83 Å². The van der Waals surface area contributed by atoms with Crippen LogP contribution < -0.4 is 0 Å². The van der Waals surface area contributed by atoms with E-state index in [0.29, 0.717) is 23.1 Å². The van der Waals surface area contributed by atoms with Crippen molar-refractivity contribution in [3.8, 4) is 51.0 Å². The van der Waals surface area contributed by atoms with Gasteiger partial charge in [0.25, 0.3) is 0 Å². The topological polar surface area (TPSA) is 69.9 Å². The number of hydrogen-bond acceptors (Lipinski definition) is 5. The van der Waals surface area contributed by atoms with E-state index < -0.39 is 0 Å². The molecule has 69 heavy (non-hydrogen) atoms. The Bertz CT molecular complexity index is 4510. The van der Waals surface area contributed by atoms with Gasteiger partial charge in [0.1, 0.15) is 22.3 Å². The zero-order valence-electron chi connectivity index (χ0n) is 36.9. The molecule has 0 aliphatic carbocycles. The average molecular weight is 881 g/mol. The second-order valence-corrected chi connectivity index (χ2v) is 17.9. The maximum absolute atomic E-state index is 7.17. The molecule has 0 bridgehead atoms. The molecule has 4 heterocycles. The maximum Gasteiger partial charge on any atom is 0.167 e. The Morgan fingerprint density at radius 2 is 0.841 bits per heavy atom. The normalized spacial score (nSPS) is 12.1. The van der Waals surface area contributed by atoms with E-state index >= 15 is 0 Å². The number of aromatic nitrogens is 4. The van der Waals surface area contributed by atoms with Crippen LogP contribution in [0.1, 0.15) is 0 Å². The van der Waals surface area contributed by atoms with Crippen molar-refractivity contribution in [1.29, 1.82) is 0 Å². The summed E-state index contributed by atoms with van der Waals surface area (Å²) in [4.78, 5) is 15.7. The first-order chi connectivity index (χ1) is 34.2. The van der Waals surface area contributed by atoms with Gasteiger partial charge in [0, 0.05) is 54.9 Å². The van der Waals surface area contributed by atoms with Gasteiger partial charge in [-0.05, 0) is 92.7 Å². The molecule has 0 fully saturated rings. The molecule has 0 saturated heterocycles. The summed E-state index contributed by atoms with van der Waals surface area (Å²) < 4.78 is 15.8. The van der Waals surface area contributed by atoms with Crippen molar-refractivity contribution in [3.05, 3.63) is 218 Å². The van der Waals surface area contributed by atoms with Crippen molar-refractivity contribution >= 4 is 98.0 Å². The molecule has 0 radical (unpaired) electrons. The zero-order valence-corrected chi connectivity index (χ0v) is 36.9. The molecule has 0 saturated carbocycles. The monoisotopic (exact) mass is 880 g/mol. The lowest BCUT2D eigenvalue weighted by atomic mass is 10.0. The van der Waals surface area contributed by atoms with E-state index in [0.717, 1.165) is 93.6 Å². The van der Waals surface area contributed by atoms with Gasteiger partial charge < -0.3 is 13.4 Å². The van der Waals surface area contributed by atoms with Crippen LogP contribution in [0.5, 0.6) is 0 Å². The van der Waals surface area contributed by atoms with Crippen LogP contribution in [0.15, 0.2) is 227 Å². The Balaban J connectivity index is 0.968. The number of rotatable bonds is 5. The molecular weight excluding hydrogens is 845 g/mol. The zero-order chi connectivity index (χ0) is 45.2. The Morgan fingerprint density at radius 1 is 0.304 bits per heavy atom. The predicted octanol–water partition coefficient (Wildman–Crippen LogP) is 16.9. The number of fused-ring (bicyclic) bond motifs is 13. The summed E-state index contributed by atoms with van der Waals surface area (Å²) >= 11 is 0. The van der Waals surface area contributed by atoms with Gasteiger partial charge in [-0.1, -0.05) is 158 Å². The van der Waals surface area contributed by atoms with Crippen LogP contribution in [0.25, 0.3) is 149 Å². The molecule has 4 aromatic heterocycles. The minimum absolute atomic E-state index is 0.523. The van der Waals surface area contributed by atoms with Gasteiger partial charge in [0.05, 0.1) is 22.3 Å². The first kappa shape index (κ1) is 37.8. The van der Waals surface area contributed by atoms with Crippen LogP contribution in [0.3, 0.4) is 0 Å². The van der Waals surface area contributed by atoms with E-state index in [2.05, 4.69) is 187 Å². The summed E-state index contributed by atoms with van der Waals surface area (Å²) in [6.45, 7) is 0. The lowest BCUT2D eigenvalue weighted by Crippen LogP contribution is -2.00. The third-order valence-electron chi connectivity index (χ3n) is 14.0. The quantitative estimate of drug-likeness (QED) is 0.172. The van der Waals surface area contributed by atoms with Crippen molar-refractivity contribution in [2.75, 3.05) is 0 Å². The summed E-state index contributed by atoms with van der Waals surface area (Å²) in [5.74, 6) is 1.65. The molecular formula is C63H36N4O2. The molecule has 0 amide bonds. The molecule has 0 N–H and O–H groups in total. The number of nitrogens with zero attached hydrogens (tertiary/aromatic N) is 4. The van der Waals surface area contributed by atoms with Crippen LogP contribution in [-0.2, 0) is 0 Å². The van der Waals surface area contributed by atoms with Crippen LogP contribution in [0.4, 0.5) is 0 Å². The van der Waals surface area contributed by atoms with Crippen molar-refractivity contribution in [3.63, 3.8) is 0 Å². The van der Waals surface area contributed by atoms with E-state index in [1.807, 2.05) is 36.4 Å². The summed E-state index contributed by atoms with van der Waals surface area (Å²) in [5, 5.41) is 13.6. The standard InChI is InChI=1S/C63H36N4O2/c1-2-13-37(14-3-1)38-25-27-39(28-26-38)61-64-62(44-29-30-57-52(33-44)46-20-10-11-24-56(46)68-57)66-63(65-61)49-23-12-22-48-59-47-21-9-8-19-45(47)55(36-58(59)69-60(48)49)67-53-34-42-17-6-4-15-40(42)31-50(53)51-32-41-16-5-7-18-43(41)35-54(51)67/h1-36H. The van der Waals surface area contributed by atoms with Crippen molar-refractivity contribution in [2.24, 2.45) is 0 Å².